The van der Waals surface area contributed by atoms with Crippen LogP contribution in [0.2, 0.25) is 0 Å². The second-order valence-corrected chi connectivity index (χ2v) is 5.48. The van der Waals surface area contributed by atoms with E-state index in [0.717, 1.165) is 26.2 Å². The van der Waals surface area contributed by atoms with Crippen molar-refractivity contribution < 1.29 is 8.42 Å². The second-order valence-electron chi connectivity index (χ2n) is 3.22. The third-order valence-corrected chi connectivity index (χ3v) is 2.91. The summed E-state index contributed by atoms with van der Waals surface area (Å²) in [5.74, 6) is 0.285. The molecule has 0 aromatic rings. The molecule has 1 rings (SSSR count). The molecule has 0 aromatic carbocycles. The Bertz CT molecular complexity index is 225. The fraction of sp³-hybridized carbons (Fsp3) is 1.00. The van der Waals surface area contributed by atoms with Crippen LogP contribution < -0.4 is 5.32 Å². The number of halogens is 1. The molecule has 0 unspecified atom stereocenters. The standard InChI is InChI=1S/C7H16N2O2S.ClH/c1-12(10,11)7-6-9-4-2-8-3-5-9;/h8H,2-7H2,1H3;1H. The monoisotopic (exact) mass is 228 g/mol. The van der Waals surface area contributed by atoms with Crippen molar-refractivity contribution >= 4 is 22.2 Å². The summed E-state index contributed by atoms with van der Waals surface area (Å²) in [6.07, 6.45) is 1.29. The highest BCUT2D eigenvalue weighted by Crippen LogP contribution is 1.93. The summed E-state index contributed by atoms with van der Waals surface area (Å²) in [4.78, 5) is 2.18. The lowest BCUT2D eigenvalue weighted by Crippen LogP contribution is -2.45. The van der Waals surface area contributed by atoms with Crippen molar-refractivity contribution in [2.75, 3.05) is 44.7 Å². The zero-order valence-corrected chi connectivity index (χ0v) is 9.46. The average molecular weight is 229 g/mol. The van der Waals surface area contributed by atoms with Gasteiger partial charge in [-0.25, -0.2) is 8.42 Å². The van der Waals surface area contributed by atoms with E-state index in [1.54, 1.807) is 0 Å². The quantitative estimate of drug-likeness (QED) is 0.698. The first kappa shape index (κ1) is 13.2. The van der Waals surface area contributed by atoms with Crippen LogP contribution in [0, 0.1) is 0 Å². The average Bonchev–Trinajstić information content (AvgIpc) is 2.02. The third kappa shape index (κ3) is 6.26. The first-order valence-electron chi connectivity index (χ1n) is 4.19. The SMILES string of the molecule is CS(=O)(=O)CCN1CCNCC1.Cl. The van der Waals surface area contributed by atoms with Crippen LogP contribution in [-0.4, -0.2) is 58.1 Å². The molecule has 80 valence electrons. The van der Waals surface area contributed by atoms with Gasteiger partial charge in [-0.1, -0.05) is 0 Å². The molecule has 1 N–H and O–H groups in total. The summed E-state index contributed by atoms with van der Waals surface area (Å²) in [5.41, 5.74) is 0. The predicted octanol–water partition coefficient (Wildman–Crippen LogP) is -0.642. The van der Waals surface area contributed by atoms with Gasteiger partial charge in [0.1, 0.15) is 9.84 Å². The van der Waals surface area contributed by atoms with Gasteiger partial charge >= 0.3 is 0 Å². The topological polar surface area (TPSA) is 49.4 Å². The maximum absolute atomic E-state index is 10.8. The van der Waals surface area contributed by atoms with Gasteiger partial charge < -0.3 is 5.32 Å². The van der Waals surface area contributed by atoms with E-state index in [1.165, 1.54) is 6.26 Å². The van der Waals surface area contributed by atoms with Gasteiger partial charge in [0.05, 0.1) is 5.75 Å². The number of rotatable bonds is 3. The van der Waals surface area contributed by atoms with E-state index >= 15 is 0 Å². The largest absolute Gasteiger partial charge is 0.314 e. The minimum atomic E-state index is -2.79. The lowest BCUT2D eigenvalue weighted by Gasteiger charge is -2.26. The van der Waals surface area contributed by atoms with E-state index in [0.29, 0.717) is 6.54 Å². The Kier molecular flexibility index (Phi) is 5.87. The van der Waals surface area contributed by atoms with Crippen molar-refractivity contribution in [3.63, 3.8) is 0 Å². The van der Waals surface area contributed by atoms with E-state index in [-0.39, 0.29) is 18.2 Å². The molecule has 0 radical (unpaired) electrons. The number of nitrogens with one attached hydrogen (secondary N) is 1. The molecule has 1 aliphatic rings. The van der Waals surface area contributed by atoms with Crippen molar-refractivity contribution in [3.8, 4) is 0 Å². The molecular formula is C7H17ClN2O2S. The lowest BCUT2D eigenvalue weighted by atomic mass is 10.4. The van der Waals surface area contributed by atoms with Crippen molar-refractivity contribution in [1.82, 2.24) is 10.2 Å². The fourth-order valence-electron chi connectivity index (χ4n) is 1.23. The minimum Gasteiger partial charge on any atom is -0.314 e. The number of hydrogen-bond donors (Lipinski definition) is 1. The van der Waals surface area contributed by atoms with Crippen LogP contribution in [0.15, 0.2) is 0 Å². The van der Waals surface area contributed by atoms with Crippen LogP contribution in [0.3, 0.4) is 0 Å². The molecule has 13 heavy (non-hydrogen) atoms. The Morgan fingerprint density at radius 3 is 2.31 bits per heavy atom. The molecule has 0 amide bonds. The molecule has 1 fully saturated rings. The molecule has 0 spiro atoms. The van der Waals surface area contributed by atoms with E-state index in [4.69, 9.17) is 0 Å². The van der Waals surface area contributed by atoms with E-state index in [1.807, 2.05) is 0 Å². The van der Waals surface area contributed by atoms with Gasteiger partial charge in [0.25, 0.3) is 0 Å². The molecule has 1 aliphatic heterocycles. The maximum atomic E-state index is 10.8. The van der Waals surface area contributed by atoms with E-state index in [2.05, 4.69) is 10.2 Å². The summed E-state index contributed by atoms with van der Waals surface area (Å²) in [7, 11) is -2.79. The van der Waals surface area contributed by atoms with Gasteiger partial charge in [-0.2, -0.15) is 0 Å². The van der Waals surface area contributed by atoms with Crippen LogP contribution in [0.5, 0.6) is 0 Å². The predicted molar refractivity (Wildman–Crippen MR) is 56.3 cm³/mol. The molecule has 0 aliphatic carbocycles. The van der Waals surface area contributed by atoms with Gasteiger partial charge in [0.15, 0.2) is 0 Å². The van der Waals surface area contributed by atoms with Gasteiger partial charge in [0.2, 0.25) is 0 Å². The third-order valence-electron chi connectivity index (χ3n) is 1.99. The summed E-state index contributed by atoms with van der Waals surface area (Å²) >= 11 is 0. The Morgan fingerprint density at radius 2 is 1.85 bits per heavy atom. The van der Waals surface area contributed by atoms with Crippen LogP contribution in [0.1, 0.15) is 0 Å². The summed E-state index contributed by atoms with van der Waals surface area (Å²) in [6.45, 7) is 4.57. The van der Waals surface area contributed by atoms with Crippen LogP contribution >= 0.6 is 12.4 Å². The zero-order valence-electron chi connectivity index (χ0n) is 7.82. The molecule has 0 bridgehead atoms. The summed E-state index contributed by atoms with van der Waals surface area (Å²) in [6, 6.07) is 0. The second kappa shape index (κ2) is 5.80. The first-order valence-corrected chi connectivity index (χ1v) is 6.25. The highest BCUT2D eigenvalue weighted by molar-refractivity contribution is 7.90. The molecular weight excluding hydrogens is 212 g/mol. The fourth-order valence-corrected chi connectivity index (χ4v) is 1.82. The van der Waals surface area contributed by atoms with Crippen LogP contribution in [0.25, 0.3) is 0 Å². The molecule has 6 heteroatoms. The van der Waals surface area contributed by atoms with Crippen molar-refractivity contribution in [1.29, 1.82) is 0 Å². The summed E-state index contributed by atoms with van der Waals surface area (Å²) < 4.78 is 21.7. The number of nitrogens with zero attached hydrogens (tertiary/aromatic N) is 1. The normalized spacial score (nSPS) is 19.5. The van der Waals surface area contributed by atoms with Crippen LogP contribution in [0.4, 0.5) is 0 Å². The molecule has 0 aromatic heterocycles. The Balaban J connectivity index is 0.00000144. The maximum Gasteiger partial charge on any atom is 0.148 e. The smallest absolute Gasteiger partial charge is 0.148 e. The van der Waals surface area contributed by atoms with Crippen LogP contribution in [-0.2, 0) is 9.84 Å². The highest BCUT2D eigenvalue weighted by atomic mass is 35.5. The van der Waals surface area contributed by atoms with Gasteiger partial charge in [-0.05, 0) is 0 Å². The van der Waals surface area contributed by atoms with Crippen molar-refractivity contribution in [2.45, 2.75) is 0 Å². The first-order chi connectivity index (χ1) is 5.58. The Labute approximate surface area is 86.0 Å². The molecule has 1 saturated heterocycles. The molecule has 4 nitrogen and oxygen atoms in total. The number of sulfone groups is 1. The van der Waals surface area contributed by atoms with E-state index in [9.17, 15) is 8.42 Å². The van der Waals surface area contributed by atoms with Crippen molar-refractivity contribution in [3.05, 3.63) is 0 Å². The van der Waals surface area contributed by atoms with Gasteiger partial charge in [-0.15, -0.1) is 12.4 Å². The molecule has 0 atom stereocenters. The molecule has 1 heterocycles. The Morgan fingerprint density at radius 1 is 1.31 bits per heavy atom. The van der Waals surface area contributed by atoms with Gasteiger partial charge in [0, 0.05) is 39.0 Å². The highest BCUT2D eigenvalue weighted by Gasteiger charge is 2.11. The summed E-state index contributed by atoms with van der Waals surface area (Å²) in [5, 5.41) is 3.22. The minimum absolute atomic E-state index is 0. The van der Waals surface area contributed by atoms with Gasteiger partial charge in [-0.3, -0.25) is 4.90 Å². The molecule has 0 saturated carbocycles. The lowest BCUT2D eigenvalue weighted by molar-refractivity contribution is 0.254. The van der Waals surface area contributed by atoms with Crippen molar-refractivity contribution in [2.24, 2.45) is 0 Å². The number of hydrogen-bond acceptors (Lipinski definition) is 4. The Hall–Kier alpha value is 0.160. The number of piperazine rings is 1. The zero-order chi connectivity index (χ0) is 9.03. The van der Waals surface area contributed by atoms with E-state index < -0.39 is 9.84 Å².